The molecule has 3 aromatic rings. The van der Waals surface area contributed by atoms with Gasteiger partial charge < -0.3 is 4.74 Å². The molecule has 1 aliphatic heterocycles. The van der Waals surface area contributed by atoms with Crippen LogP contribution in [0.25, 0.3) is 10.8 Å². The summed E-state index contributed by atoms with van der Waals surface area (Å²) in [6.45, 7) is 2.16. The molecule has 0 aliphatic carbocycles. The molecular formula is C23H21N3O5. The minimum absolute atomic E-state index is 0.0358. The van der Waals surface area contributed by atoms with E-state index in [4.69, 9.17) is 4.74 Å². The Morgan fingerprint density at radius 1 is 0.903 bits per heavy atom. The average molecular weight is 419 g/mol. The zero-order chi connectivity index (χ0) is 22.0. The first kappa shape index (κ1) is 20.5. The van der Waals surface area contributed by atoms with Gasteiger partial charge in [0.2, 0.25) is 0 Å². The fourth-order valence-electron chi connectivity index (χ4n) is 3.59. The van der Waals surface area contributed by atoms with E-state index in [2.05, 4.69) is 5.10 Å². The summed E-state index contributed by atoms with van der Waals surface area (Å²) < 4.78 is 6.61. The van der Waals surface area contributed by atoms with Gasteiger partial charge in [0.25, 0.3) is 17.4 Å². The predicted molar refractivity (Wildman–Crippen MR) is 113 cm³/mol. The first-order chi connectivity index (χ1) is 15.0. The number of carbonyl (C=O) groups is 3. The van der Waals surface area contributed by atoms with E-state index in [0.29, 0.717) is 28.4 Å². The number of nitrogens with zero attached hydrogens (tertiary/aromatic N) is 3. The molecule has 0 atom stereocenters. The third-order valence-electron chi connectivity index (χ3n) is 5.21. The first-order valence-electron chi connectivity index (χ1n) is 10.1. The Labute approximate surface area is 178 Å². The summed E-state index contributed by atoms with van der Waals surface area (Å²) in [6, 6.07) is 13.3. The van der Waals surface area contributed by atoms with E-state index in [-0.39, 0.29) is 24.4 Å². The number of benzene rings is 2. The minimum Gasteiger partial charge on any atom is -0.459 e. The van der Waals surface area contributed by atoms with Crippen LogP contribution in [-0.2, 0) is 11.3 Å². The number of imide groups is 1. The number of esters is 1. The number of rotatable bonds is 7. The number of ether oxygens (including phenoxy) is 1. The van der Waals surface area contributed by atoms with Crippen LogP contribution in [0.4, 0.5) is 0 Å². The third-order valence-corrected chi connectivity index (χ3v) is 5.21. The van der Waals surface area contributed by atoms with Crippen molar-refractivity contribution >= 4 is 28.6 Å². The number of unbranched alkanes of at least 4 members (excludes halogenated alkanes) is 1. The minimum atomic E-state index is -0.710. The molecule has 2 amide bonds. The SMILES string of the molecule is CCCCn1nc(C(=O)OCCN2C(=O)c3ccccc3C2=O)c2ccccc2c1=O. The topological polar surface area (TPSA) is 98.6 Å². The van der Waals surface area contributed by atoms with Gasteiger partial charge in [-0.25, -0.2) is 9.48 Å². The monoisotopic (exact) mass is 419 g/mol. The van der Waals surface area contributed by atoms with Crippen LogP contribution in [0.2, 0.25) is 0 Å². The van der Waals surface area contributed by atoms with Crippen LogP contribution in [0, 0.1) is 0 Å². The maximum atomic E-state index is 12.8. The largest absolute Gasteiger partial charge is 0.459 e. The van der Waals surface area contributed by atoms with Gasteiger partial charge in [0.05, 0.1) is 23.1 Å². The second-order valence-corrected chi connectivity index (χ2v) is 7.22. The van der Waals surface area contributed by atoms with Crippen molar-refractivity contribution in [2.45, 2.75) is 26.3 Å². The van der Waals surface area contributed by atoms with Crippen molar-refractivity contribution in [3.63, 3.8) is 0 Å². The van der Waals surface area contributed by atoms with Crippen molar-refractivity contribution in [3.05, 3.63) is 75.7 Å². The van der Waals surface area contributed by atoms with Gasteiger partial charge in [-0.2, -0.15) is 5.10 Å². The molecule has 8 heteroatoms. The van der Waals surface area contributed by atoms with Gasteiger partial charge in [0, 0.05) is 11.9 Å². The van der Waals surface area contributed by atoms with Crippen molar-refractivity contribution < 1.29 is 19.1 Å². The average Bonchev–Trinajstić information content (AvgIpc) is 3.03. The molecule has 0 saturated carbocycles. The highest BCUT2D eigenvalue weighted by Crippen LogP contribution is 2.22. The molecular weight excluding hydrogens is 398 g/mol. The number of amides is 2. The maximum absolute atomic E-state index is 12.8. The molecule has 1 aliphatic rings. The van der Waals surface area contributed by atoms with Crippen LogP contribution in [0.1, 0.15) is 51.0 Å². The second-order valence-electron chi connectivity index (χ2n) is 7.22. The van der Waals surface area contributed by atoms with E-state index in [1.807, 2.05) is 6.92 Å². The number of fused-ring (bicyclic) bond motifs is 2. The quantitative estimate of drug-likeness (QED) is 0.431. The van der Waals surface area contributed by atoms with Gasteiger partial charge in [0.1, 0.15) is 6.61 Å². The van der Waals surface area contributed by atoms with Gasteiger partial charge in [-0.15, -0.1) is 0 Å². The highest BCUT2D eigenvalue weighted by molar-refractivity contribution is 6.21. The fraction of sp³-hybridized carbons (Fsp3) is 0.261. The molecule has 4 rings (SSSR count). The summed E-state index contributed by atoms with van der Waals surface area (Å²) in [5.74, 6) is -1.53. The molecule has 0 radical (unpaired) electrons. The van der Waals surface area contributed by atoms with Crippen molar-refractivity contribution in [1.82, 2.24) is 14.7 Å². The Morgan fingerprint density at radius 3 is 2.16 bits per heavy atom. The van der Waals surface area contributed by atoms with E-state index in [9.17, 15) is 19.2 Å². The highest BCUT2D eigenvalue weighted by atomic mass is 16.5. The van der Waals surface area contributed by atoms with E-state index >= 15 is 0 Å². The lowest BCUT2D eigenvalue weighted by atomic mass is 10.1. The normalized spacial score (nSPS) is 13.0. The first-order valence-corrected chi connectivity index (χ1v) is 10.1. The van der Waals surface area contributed by atoms with E-state index < -0.39 is 17.8 Å². The van der Waals surface area contributed by atoms with Crippen LogP contribution < -0.4 is 5.56 Å². The lowest BCUT2D eigenvalue weighted by molar-refractivity contribution is 0.0415. The Kier molecular flexibility index (Phi) is 5.62. The summed E-state index contributed by atoms with van der Waals surface area (Å²) in [6.07, 6.45) is 1.63. The molecule has 158 valence electrons. The molecule has 1 aromatic heterocycles. The van der Waals surface area contributed by atoms with E-state index in [1.165, 1.54) is 4.68 Å². The van der Waals surface area contributed by atoms with Crippen LogP contribution in [-0.4, -0.2) is 45.6 Å². The lowest BCUT2D eigenvalue weighted by Gasteiger charge is -2.14. The van der Waals surface area contributed by atoms with Gasteiger partial charge in [0.15, 0.2) is 5.69 Å². The number of carbonyl (C=O) groups excluding carboxylic acids is 3. The molecule has 0 fully saturated rings. The summed E-state index contributed by atoms with van der Waals surface area (Å²) in [7, 11) is 0. The van der Waals surface area contributed by atoms with Gasteiger partial charge >= 0.3 is 5.97 Å². The van der Waals surface area contributed by atoms with Crippen molar-refractivity contribution in [2.24, 2.45) is 0 Å². The molecule has 2 heterocycles. The molecule has 0 saturated heterocycles. The highest BCUT2D eigenvalue weighted by Gasteiger charge is 2.35. The zero-order valence-corrected chi connectivity index (χ0v) is 17.0. The summed E-state index contributed by atoms with van der Waals surface area (Å²) in [5.41, 5.74) is 0.462. The summed E-state index contributed by atoms with van der Waals surface area (Å²) >= 11 is 0. The predicted octanol–water partition coefficient (Wildman–Crippen LogP) is 2.65. The standard InChI is InChI=1S/C23H21N3O5/c1-2-3-12-26-22(29)16-9-5-4-8-15(16)19(24-26)23(30)31-14-13-25-20(27)17-10-6-7-11-18(17)21(25)28/h4-11H,2-3,12-14H2,1H3. The number of hydrogen-bond donors (Lipinski definition) is 0. The van der Waals surface area contributed by atoms with Gasteiger partial charge in [-0.05, 0) is 24.6 Å². The molecule has 0 unspecified atom stereocenters. The number of aryl methyl sites for hydroxylation is 1. The summed E-state index contributed by atoms with van der Waals surface area (Å²) in [5, 5.41) is 5.03. The van der Waals surface area contributed by atoms with Gasteiger partial charge in [-0.3, -0.25) is 19.3 Å². The summed E-state index contributed by atoms with van der Waals surface area (Å²) in [4.78, 5) is 51.3. The van der Waals surface area contributed by atoms with Crippen LogP contribution >= 0.6 is 0 Å². The van der Waals surface area contributed by atoms with Crippen molar-refractivity contribution in [2.75, 3.05) is 13.2 Å². The zero-order valence-electron chi connectivity index (χ0n) is 17.0. The molecule has 8 nitrogen and oxygen atoms in total. The van der Waals surface area contributed by atoms with E-state index in [0.717, 1.165) is 17.7 Å². The third kappa shape index (κ3) is 3.72. The molecule has 0 spiro atoms. The molecule has 31 heavy (non-hydrogen) atoms. The van der Waals surface area contributed by atoms with Gasteiger partial charge in [-0.1, -0.05) is 43.7 Å². The Balaban J connectivity index is 1.52. The van der Waals surface area contributed by atoms with Crippen LogP contribution in [0.3, 0.4) is 0 Å². The van der Waals surface area contributed by atoms with E-state index in [1.54, 1.807) is 48.5 Å². The number of aromatic nitrogens is 2. The van der Waals surface area contributed by atoms with Crippen molar-refractivity contribution in [3.8, 4) is 0 Å². The Bertz CT molecular complexity index is 1210. The van der Waals surface area contributed by atoms with Crippen LogP contribution in [0.15, 0.2) is 53.3 Å². The Hall–Kier alpha value is -3.81. The second kappa shape index (κ2) is 8.51. The maximum Gasteiger partial charge on any atom is 0.359 e. The van der Waals surface area contributed by atoms with Crippen LogP contribution in [0.5, 0.6) is 0 Å². The Morgan fingerprint density at radius 2 is 1.52 bits per heavy atom. The lowest BCUT2D eigenvalue weighted by Crippen LogP contribution is -2.34. The number of hydrogen-bond acceptors (Lipinski definition) is 6. The molecule has 2 aromatic carbocycles. The fourth-order valence-corrected chi connectivity index (χ4v) is 3.59. The molecule has 0 N–H and O–H groups in total. The van der Waals surface area contributed by atoms with Crippen molar-refractivity contribution in [1.29, 1.82) is 0 Å². The molecule has 0 bridgehead atoms. The smallest absolute Gasteiger partial charge is 0.359 e.